The van der Waals surface area contributed by atoms with E-state index in [1.807, 2.05) is 24.3 Å². The third-order valence-corrected chi connectivity index (χ3v) is 6.79. The third-order valence-electron chi connectivity index (χ3n) is 5.59. The Morgan fingerprint density at radius 1 is 1.14 bits per heavy atom. The average Bonchev–Trinajstić information content (AvgIpc) is 3.35. The summed E-state index contributed by atoms with van der Waals surface area (Å²) in [5, 5.41) is 18.6. The van der Waals surface area contributed by atoms with E-state index in [0.717, 1.165) is 17.2 Å². The molecule has 37 heavy (non-hydrogen) atoms. The van der Waals surface area contributed by atoms with Crippen LogP contribution in [0.2, 0.25) is 0 Å². The van der Waals surface area contributed by atoms with Crippen molar-refractivity contribution in [2.75, 3.05) is 34.8 Å². The second-order valence-electron chi connectivity index (χ2n) is 8.22. The van der Waals surface area contributed by atoms with E-state index in [-0.39, 0.29) is 18.9 Å². The molecule has 0 aliphatic carbocycles. The van der Waals surface area contributed by atoms with E-state index >= 15 is 0 Å². The highest BCUT2D eigenvalue weighted by molar-refractivity contribution is 7.92. The maximum absolute atomic E-state index is 12.3. The zero-order valence-electron chi connectivity index (χ0n) is 20.3. The van der Waals surface area contributed by atoms with Crippen LogP contribution in [-0.4, -0.2) is 49.1 Å². The number of carbonyl (C=O) groups is 1. The molecule has 2 aromatic carbocycles. The Morgan fingerprint density at radius 3 is 2.73 bits per heavy atom. The Bertz CT molecular complexity index is 1580. The van der Waals surface area contributed by atoms with Gasteiger partial charge in [-0.05, 0) is 35.9 Å². The highest BCUT2D eigenvalue weighted by atomic mass is 32.2. The molecule has 2 heterocycles. The van der Waals surface area contributed by atoms with Crippen LogP contribution in [0.3, 0.4) is 0 Å². The number of sulfonamides is 1. The van der Waals surface area contributed by atoms with Gasteiger partial charge in [-0.2, -0.15) is 15.2 Å². The lowest BCUT2D eigenvalue weighted by atomic mass is 10.1. The summed E-state index contributed by atoms with van der Waals surface area (Å²) in [5.74, 6) is 0.580. The standard InChI is InChI=1S/C25H26N8O3S/c1-33(37(2,35)36)21-10-4-3-7-18(21)16-29-23-20-11-14-27-22(20)31-25(32-23)30-19-9-5-8-17(15-19)24(34)28-13-6-12-26/h3-5,7-11,14-15H,6,13,16H2,1-2H3,(H,28,34)(H3,27,29,30,31,32). The van der Waals surface area contributed by atoms with Gasteiger partial charge in [0, 0.05) is 37.6 Å². The van der Waals surface area contributed by atoms with Gasteiger partial charge in [0.25, 0.3) is 5.91 Å². The van der Waals surface area contributed by atoms with E-state index in [0.29, 0.717) is 40.9 Å². The molecule has 0 saturated carbocycles. The molecule has 0 atom stereocenters. The van der Waals surface area contributed by atoms with Crippen LogP contribution in [0.1, 0.15) is 22.3 Å². The van der Waals surface area contributed by atoms with Crippen molar-refractivity contribution in [2.24, 2.45) is 0 Å². The van der Waals surface area contributed by atoms with Crippen LogP contribution in [0.4, 0.5) is 23.1 Å². The average molecular weight is 519 g/mol. The number of nitrogens with one attached hydrogen (secondary N) is 4. The van der Waals surface area contributed by atoms with Crippen molar-refractivity contribution >= 4 is 50.1 Å². The Morgan fingerprint density at radius 2 is 1.95 bits per heavy atom. The fourth-order valence-electron chi connectivity index (χ4n) is 3.66. The number of anilines is 4. The molecule has 1 amide bonds. The molecule has 0 aliphatic heterocycles. The molecule has 0 unspecified atom stereocenters. The van der Waals surface area contributed by atoms with Crippen LogP contribution in [0.5, 0.6) is 0 Å². The molecular formula is C25H26N8O3S. The minimum Gasteiger partial charge on any atom is -0.365 e. The van der Waals surface area contributed by atoms with Crippen molar-refractivity contribution in [2.45, 2.75) is 13.0 Å². The van der Waals surface area contributed by atoms with Crippen LogP contribution < -0.4 is 20.3 Å². The van der Waals surface area contributed by atoms with Crippen molar-refractivity contribution in [3.05, 3.63) is 71.9 Å². The van der Waals surface area contributed by atoms with Crippen molar-refractivity contribution in [1.82, 2.24) is 20.3 Å². The predicted octanol–water partition coefficient (Wildman–Crippen LogP) is 3.35. The van der Waals surface area contributed by atoms with Gasteiger partial charge in [-0.3, -0.25) is 9.10 Å². The zero-order chi connectivity index (χ0) is 26.4. The summed E-state index contributed by atoms with van der Waals surface area (Å²) >= 11 is 0. The molecule has 4 aromatic rings. The number of rotatable bonds is 10. The van der Waals surface area contributed by atoms with Crippen LogP contribution >= 0.6 is 0 Å². The minimum absolute atomic E-state index is 0.235. The first-order chi connectivity index (χ1) is 17.8. The molecule has 0 saturated heterocycles. The molecule has 0 spiro atoms. The van der Waals surface area contributed by atoms with E-state index in [4.69, 9.17) is 5.26 Å². The summed E-state index contributed by atoms with van der Waals surface area (Å²) in [6.07, 6.45) is 3.15. The molecular weight excluding hydrogens is 492 g/mol. The largest absolute Gasteiger partial charge is 0.365 e. The maximum Gasteiger partial charge on any atom is 0.251 e. The summed E-state index contributed by atoms with van der Waals surface area (Å²) in [7, 11) is -1.91. The summed E-state index contributed by atoms with van der Waals surface area (Å²) in [4.78, 5) is 24.6. The molecule has 12 heteroatoms. The molecule has 0 radical (unpaired) electrons. The monoisotopic (exact) mass is 518 g/mol. The molecule has 4 N–H and O–H groups in total. The maximum atomic E-state index is 12.3. The Kier molecular flexibility index (Phi) is 7.55. The fraction of sp³-hybridized carbons (Fsp3) is 0.200. The van der Waals surface area contributed by atoms with Gasteiger partial charge in [-0.15, -0.1) is 0 Å². The lowest BCUT2D eigenvalue weighted by molar-refractivity contribution is 0.0954. The van der Waals surface area contributed by atoms with Gasteiger partial charge in [-0.25, -0.2) is 8.42 Å². The molecule has 11 nitrogen and oxygen atoms in total. The number of fused-ring (bicyclic) bond motifs is 1. The number of benzene rings is 2. The number of amides is 1. The number of nitrogens with zero attached hydrogens (tertiary/aromatic N) is 4. The van der Waals surface area contributed by atoms with Crippen molar-refractivity contribution in [3.63, 3.8) is 0 Å². The fourth-order valence-corrected chi connectivity index (χ4v) is 4.19. The van der Waals surface area contributed by atoms with Gasteiger partial charge in [0.15, 0.2) is 0 Å². The van der Waals surface area contributed by atoms with Crippen LogP contribution in [-0.2, 0) is 16.6 Å². The summed E-state index contributed by atoms with van der Waals surface area (Å²) in [6, 6.07) is 18.0. The molecule has 2 aromatic heterocycles. The zero-order valence-corrected chi connectivity index (χ0v) is 21.1. The van der Waals surface area contributed by atoms with Gasteiger partial charge < -0.3 is 20.9 Å². The highest BCUT2D eigenvalue weighted by Gasteiger charge is 2.16. The van der Waals surface area contributed by atoms with E-state index in [1.54, 1.807) is 42.6 Å². The molecule has 190 valence electrons. The van der Waals surface area contributed by atoms with E-state index in [2.05, 4.69) is 30.9 Å². The highest BCUT2D eigenvalue weighted by Crippen LogP contribution is 2.26. The third kappa shape index (κ3) is 6.14. The topological polar surface area (TPSA) is 156 Å². The number of aromatic amines is 1. The molecule has 4 rings (SSSR count). The summed E-state index contributed by atoms with van der Waals surface area (Å²) in [5.41, 5.74) is 3.01. The summed E-state index contributed by atoms with van der Waals surface area (Å²) < 4.78 is 25.4. The van der Waals surface area contributed by atoms with Crippen LogP contribution in [0, 0.1) is 11.3 Å². The van der Waals surface area contributed by atoms with Gasteiger partial charge in [0.1, 0.15) is 11.5 Å². The van der Waals surface area contributed by atoms with Crippen molar-refractivity contribution in [3.8, 4) is 6.07 Å². The van der Waals surface area contributed by atoms with Gasteiger partial charge in [0.05, 0.1) is 29.8 Å². The van der Waals surface area contributed by atoms with Gasteiger partial charge in [-0.1, -0.05) is 24.3 Å². The molecule has 0 fully saturated rings. The van der Waals surface area contributed by atoms with Gasteiger partial charge in [0.2, 0.25) is 16.0 Å². The number of nitriles is 1. The van der Waals surface area contributed by atoms with E-state index in [9.17, 15) is 13.2 Å². The second kappa shape index (κ2) is 11.0. The number of hydrogen-bond acceptors (Lipinski definition) is 8. The summed E-state index contributed by atoms with van der Waals surface area (Å²) in [6.45, 7) is 0.600. The lowest BCUT2D eigenvalue weighted by Gasteiger charge is -2.20. The smallest absolute Gasteiger partial charge is 0.251 e. The number of carbonyl (C=O) groups excluding carboxylic acids is 1. The lowest BCUT2D eigenvalue weighted by Crippen LogP contribution is -2.26. The quantitative estimate of drug-likeness (QED) is 0.233. The molecule has 0 aliphatic rings. The predicted molar refractivity (Wildman–Crippen MR) is 143 cm³/mol. The first-order valence-corrected chi connectivity index (χ1v) is 13.2. The van der Waals surface area contributed by atoms with Crippen LogP contribution in [0.25, 0.3) is 11.0 Å². The Hall–Kier alpha value is -4.63. The second-order valence-corrected chi connectivity index (χ2v) is 10.2. The minimum atomic E-state index is -3.42. The Balaban J connectivity index is 1.56. The Labute approximate surface area is 214 Å². The molecule has 0 bridgehead atoms. The number of hydrogen-bond donors (Lipinski definition) is 4. The van der Waals surface area contributed by atoms with Gasteiger partial charge >= 0.3 is 0 Å². The normalized spacial score (nSPS) is 11.1. The van der Waals surface area contributed by atoms with E-state index in [1.165, 1.54) is 11.4 Å². The number of aromatic nitrogens is 3. The first kappa shape index (κ1) is 25.5. The van der Waals surface area contributed by atoms with Crippen molar-refractivity contribution in [1.29, 1.82) is 5.26 Å². The first-order valence-electron chi connectivity index (χ1n) is 11.4. The van der Waals surface area contributed by atoms with Crippen molar-refractivity contribution < 1.29 is 13.2 Å². The number of para-hydroxylation sites is 1. The van der Waals surface area contributed by atoms with Crippen LogP contribution in [0.15, 0.2) is 60.8 Å². The SMILES string of the molecule is CN(c1ccccc1CNc1nc(Nc2cccc(C(=O)NCCC#N)c2)nc2[nH]ccc12)S(C)(=O)=O. The van der Waals surface area contributed by atoms with E-state index < -0.39 is 10.0 Å². The number of H-pyrrole nitrogens is 1.